The number of ether oxygens (including phenoxy) is 2. The van der Waals surface area contributed by atoms with Crippen LogP contribution in [0.25, 0.3) is 0 Å². The van der Waals surface area contributed by atoms with Crippen LogP contribution in [0.4, 0.5) is 0 Å². The number of hydrogen-bond acceptors (Lipinski definition) is 4. The molecule has 0 radical (unpaired) electrons. The summed E-state index contributed by atoms with van der Waals surface area (Å²) in [6.07, 6.45) is 3.95. The van der Waals surface area contributed by atoms with Crippen LogP contribution in [0.5, 0.6) is 0 Å². The van der Waals surface area contributed by atoms with Crippen molar-refractivity contribution in [2.45, 2.75) is 6.42 Å². The van der Waals surface area contributed by atoms with Gasteiger partial charge in [0.25, 0.3) is 5.91 Å². The van der Waals surface area contributed by atoms with Gasteiger partial charge in [-0.15, -0.1) is 0 Å². The number of hydrogen-bond donors (Lipinski definition) is 1. The summed E-state index contributed by atoms with van der Waals surface area (Å²) in [7, 11) is 1.63. The van der Waals surface area contributed by atoms with E-state index in [1.807, 2.05) is 0 Å². The van der Waals surface area contributed by atoms with Gasteiger partial charge in [-0.05, 0) is 28.4 Å². The van der Waals surface area contributed by atoms with Crippen molar-refractivity contribution in [2.24, 2.45) is 0 Å². The van der Waals surface area contributed by atoms with Gasteiger partial charge in [0.1, 0.15) is 0 Å². The summed E-state index contributed by atoms with van der Waals surface area (Å²) in [6, 6.07) is 1.73. The van der Waals surface area contributed by atoms with Crippen LogP contribution >= 0.6 is 15.9 Å². The van der Waals surface area contributed by atoms with Gasteiger partial charge in [0, 0.05) is 37.1 Å². The maximum absolute atomic E-state index is 11.7. The highest BCUT2D eigenvalue weighted by atomic mass is 79.9. The van der Waals surface area contributed by atoms with E-state index in [1.165, 1.54) is 6.20 Å². The van der Waals surface area contributed by atoms with Gasteiger partial charge in [0.05, 0.1) is 18.8 Å². The normalized spacial score (nSPS) is 10.3. The average molecular weight is 317 g/mol. The zero-order chi connectivity index (χ0) is 13.2. The molecular formula is C12H17BrN2O3. The Morgan fingerprint density at radius 1 is 1.39 bits per heavy atom. The molecule has 6 heteroatoms. The quantitative estimate of drug-likeness (QED) is 0.740. The fraction of sp³-hybridized carbons (Fsp3) is 0.500. The molecule has 0 aromatic carbocycles. The number of nitrogens with zero attached hydrogens (tertiary/aromatic N) is 1. The van der Waals surface area contributed by atoms with Crippen molar-refractivity contribution in [1.29, 1.82) is 0 Å². The highest BCUT2D eigenvalue weighted by Crippen LogP contribution is 2.09. The van der Waals surface area contributed by atoms with Crippen LogP contribution in [0.3, 0.4) is 0 Å². The second kappa shape index (κ2) is 9.02. The summed E-state index contributed by atoms with van der Waals surface area (Å²) < 4.78 is 10.9. The van der Waals surface area contributed by atoms with Crippen LogP contribution < -0.4 is 5.32 Å². The third-order valence-electron chi connectivity index (χ3n) is 2.15. The molecule has 1 aromatic rings. The van der Waals surface area contributed by atoms with Gasteiger partial charge in [-0.3, -0.25) is 9.78 Å². The number of carbonyl (C=O) groups is 1. The Hall–Kier alpha value is -0.980. The van der Waals surface area contributed by atoms with Crippen LogP contribution in [0.1, 0.15) is 16.8 Å². The van der Waals surface area contributed by atoms with Crippen LogP contribution in [0.2, 0.25) is 0 Å². The van der Waals surface area contributed by atoms with Crippen molar-refractivity contribution < 1.29 is 14.3 Å². The van der Waals surface area contributed by atoms with Gasteiger partial charge in [0.2, 0.25) is 0 Å². The highest BCUT2D eigenvalue weighted by Gasteiger charge is 2.05. The maximum Gasteiger partial charge on any atom is 0.252 e. The molecule has 0 atom stereocenters. The van der Waals surface area contributed by atoms with Gasteiger partial charge < -0.3 is 14.8 Å². The number of halogens is 1. The zero-order valence-corrected chi connectivity index (χ0v) is 11.9. The number of carbonyl (C=O) groups excluding carboxylic acids is 1. The van der Waals surface area contributed by atoms with Crippen molar-refractivity contribution >= 4 is 21.8 Å². The zero-order valence-electron chi connectivity index (χ0n) is 10.3. The van der Waals surface area contributed by atoms with Gasteiger partial charge in [-0.2, -0.15) is 0 Å². The number of nitrogens with one attached hydrogen (secondary N) is 1. The molecule has 0 spiro atoms. The molecule has 1 rings (SSSR count). The topological polar surface area (TPSA) is 60.5 Å². The molecule has 1 amide bonds. The number of rotatable bonds is 8. The number of methoxy groups -OCH3 is 1. The third kappa shape index (κ3) is 6.09. The van der Waals surface area contributed by atoms with E-state index >= 15 is 0 Å². The smallest absolute Gasteiger partial charge is 0.252 e. The molecule has 1 N–H and O–H groups in total. The first kappa shape index (κ1) is 15.1. The highest BCUT2D eigenvalue weighted by molar-refractivity contribution is 9.10. The van der Waals surface area contributed by atoms with E-state index in [-0.39, 0.29) is 5.91 Å². The first-order chi connectivity index (χ1) is 8.74. The van der Waals surface area contributed by atoms with E-state index < -0.39 is 0 Å². The lowest BCUT2D eigenvalue weighted by Crippen LogP contribution is -2.25. The molecule has 1 heterocycles. The van der Waals surface area contributed by atoms with E-state index in [2.05, 4.69) is 26.2 Å². The van der Waals surface area contributed by atoms with Crippen molar-refractivity contribution in [1.82, 2.24) is 10.3 Å². The summed E-state index contributed by atoms with van der Waals surface area (Å²) in [5.74, 6) is -0.124. The second-order valence-electron chi connectivity index (χ2n) is 3.61. The molecule has 0 aliphatic heterocycles. The molecule has 18 heavy (non-hydrogen) atoms. The SMILES string of the molecule is COCCOCCCNC(=O)c1cncc(Br)c1. The lowest BCUT2D eigenvalue weighted by molar-refractivity contribution is 0.0688. The Kier molecular flexibility index (Phi) is 7.55. The molecule has 100 valence electrons. The van der Waals surface area contributed by atoms with Crippen molar-refractivity contribution in [2.75, 3.05) is 33.5 Å². The minimum atomic E-state index is -0.124. The molecule has 0 unspecified atom stereocenters. The first-order valence-electron chi connectivity index (χ1n) is 5.69. The maximum atomic E-state index is 11.7. The number of aromatic nitrogens is 1. The van der Waals surface area contributed by atoms with E-state index in [0.29, 0.717) is 31.9 Å². The molecule has 0 fully saturated rings. The van der Waals surface area contributed by atoms with Crippen molar-refractivity contribution in [3.8, 4) is 0 Å². The third-order valence-corrected chi connectivity index (χ3v) is 2.58. The summed E-state index contributed by atoms with van der Waals surface area (Å²) in [5, 5.41) is 2.81. The Balaban J connectivity index is 2.14. The molecule has 1 aromatic heterocycles. The fourth-order valence-electron chi connectivity index (χ4n) is 1.26. The molecule has 0 aliphatic rings. The fourth-order valence-corrected chi connectivity index (χ4v) is 1.62. The van der Waals surface area contributed by atoms with Crippen molar-refractivity contribution in [3.05, 3.63) is 28.5 Å². The van der Waals surface area contributed by atoms with E-state index in [9.17, 15) is 4.79 Å². The minimum absolute atomic E-state index is 0.124. The largest absolute Gasteiger partial charge is 0.382 e. The summed E-state index contributed by atoms with van der Waals surface area (Å²) >= 11 is 3.27. The predicted octanol–water partition coefficient (Wildman–Crippen LogP) is 1.63. The average Bonchev–Trinajstić information content (AvgIpc) is 2.37. The van der Waals surface area contributed by atoms with Crippen LogP contribution in [0.15, 0.2) is 22.9 Å². The molecule has 5 nitrogen and oxygen atoms in total. The number of amides is 1. The van der Waals surface area contributed by atoms with Crippen LogP contribution in [0, 0.1) is 0 Å². The summed E-state index contributed by atoms with van der Waals surface area (Å²) in [6.45, 7) is 2.37. The van der Waals surface area contributed by atoms with Gasteiger partial charge in [0.15, 0.2) is 0 Å². The van der Waals surface area contributed by atoms with E-state index in [4.69, 9.17) is 9.47 Å². The standard InChI is InChI=1S/C12H17BrN2O3/c1-17-5-6-18-4-2-3-15-12(16)10-7-11(13)9-14-8-10/h7-9H,2-6H2,1H3,(H,15,16). The van der Waals surface area contributed by atoms with Gasteiger partial charge >= 0.3 is 0 Å². The van der Waals surface area contributed by atoms with Crippen molar-refractivity contribution in [3.63, 3.8) is 0 Å². The summed E-state index contributed by atoms with van der Waals surface area (Å²) in [4.78, 5) is 15.6. The first-order valence-corrected chi connectivity index (χ1v) is 6.49. The monoisotopic (exact) mass is 316 g/mol. The second-order valence-corrected chi connectivity index (χ2v) is 4.52. The van der Waals surface area contributed by atoms with Gasteiger partial charge in [-0.25, -0.2) is 0 Å². The molecular weight excluding hydrogens is 300 g/mol. The lowest BCUT2D eigenvalue weighted by Gasteiger charge is -2.06. The van der Waals surface area contributed by atoms with Crippen LogP contribution in [-0.2, 0) is 9.47 Å². The molecule has 0 saturated heterocycles. The lowest BCUT2D eigenvalue weighted by atomic mass is 10.2. The molecule has 0 aliphatic carbocycles. The Morgan fingerprint density at radius 2 is 2.22 bits per heavy atom. The minimum Gasteiger partial charge on any atom is -0.382 e. The Labute approximate surface area is 115 Å². The Bertz CT molecular complexity index is 374. The Morgan fingerprint density at radius 3 is 2.94 bits per heavy atom. The molecule has 0 bridgehead atoms. The molecule has 0 saturated carbocycles. The van der Waals surface area contributed by atoms with Gasteiger partial charge in [-0.1, -0.05) is 0 Å². The summed E-state index contributed by atoms with van der Waals surface area (Å²) in [5.41, 5.74) is 0.546. The van der Waals surface area contributed by atoms with Crippen LogP contribution in [-0.4, -0.2) is 44.4 Å². The predicted molar refractivity (Wildman–Crippen MR) is 71.6 cm³/mol. The van der Waals surface area contributed by atoms with E-state index in [1.54, 1.807) is 19.4 Å². The number of pyridine rings is 1. The van der Waals surface area contributed by atoms with E-state index in [0.717, 1.165) is 10.9 Å².